The predicted molar refractivity (Wildman–Crippen MR) is 156 cm³/mol. The number of halogens is 1. The third-order valence-corrected chi connectivity index (χ3v) is 7.66. The minimum Gasteiger partial charge on any atom is -0.496 e. The molecule has 0 fully saturated rings. The highest BCUT2D eigenvalue weighted by molar-refractivity contribution is 9.10. The first kappa shape index (κ1) is 25.0. The molecule has 3 aromatic heterocycles. The van der Waals surface area contributed by atoms with Crippen LogP contribution in [0.2, 0.25) is 0 Å². The fourth-order valence-corrected chi connectivity index (χ4v) is 5.65. The van der Waals surface area contributed by atoms with Gasteiger partial charge in [-0.1, -0.05) is 29.5 Å². The maximum atomic E-state index is 13.3. The normalized spacial score (nSPS) is 11.8. The van der Waals surface area contributed by atoms with Crippen molar-refractivity contribution in [2.75, 3.05) is 13.7 Å². The summed E-state index contributed by atoms with van der Waals surface area (Å²) in [4.78, 5) is 18.5. The minimum atomic E-state index is -0.228. The van der Waals surface area contributed by atoms with E-state index in [1.54, 1.807) is 7.11 Å². The molecule has 0 N–H and O–H groups in total. The van der Waals surface area contributed by atoms with Gasteiger partial charge in [0, 0.05) is 22.9 Å². The van der Waals surface area contributed by atoms with Crippen molar-refractivity contribution < 1.29 is 9.47 Å². The average molecular weight is 600 g/mol. The zero-order valence-corrected chi connectivity index (χ0v) is 23.4. The Balaban J connectivity index is 1.44. The highest BCUT2D eigenvalue weighted by Crippen LogP contribution is 2.32. The standard InChI is InChI=1S/C29H22BrN5O3S/c1-3-38-22-12-9-18(10-13-22)27-31-29-35(33-27)28(36)25(39-29)16-20-17-34(21-7-5-4-6-8-21)32-26(20)19-11-14-24(37-2)23(30)15-19/h4-17H,3H2,1-2H3/b25-16-. The summed E-state index contributed by atoms with van der Waals surface area (Å²) in [6.07, 6.45) is 3.77. The third-order valence-electron chi connectivity index (χ3n) is 6.08. The Morgan fingerprint density at radius 3 is 2.46 bits per heavy atom. The number of hydrogen-bond acceptors (Lipinski definition) is 7. The van der Waals surface area contributed by atoms with Gasteiger partial charge in [-0.2, -0.15) is 14.6 Å². The van der Waals surface area contributed by atoms with Crippen LogP contribution in [0.5, 0.6) is 11.5 Å². The third kappa shape index (κ3) is 4.84. The van der Waals surface area contributed by atoms with E-state index >= 15 is 0 Å². The van der Waals surface area contributed by atoms with Crippen LogP contribution in [-0.4, -0.2) is 38.1 Å². The summed E-state index contributed by atoms with van der Waals surface area (Å²) in [5.41, 5.74) is 3.91. The van der Waals surface area contributed by atoms with E-state index in [0.717, 1.165) is 44.0 Å². The van der Waals surface area contributed by atoms with Gasteiger partial charge in [0.05, 0.1) is 28.4 Å². The van der Waals surface area contributed by atoms with Gasteiger partial charge in [-0.15, -0.1) is 5.10 Å². The molecular weight excluding hydrogens is 578 g/mol. The monoisotopic (exact) mass is 599 g/mol. The number of para-hydroxylation sites is 1. The molecule has 0 radical (unpaired) electrons. The molecule has 0 unspecified atom stereocenters. The second kappa shape index (κ2) is 10.5. The molecule has 0 spiro atoms. The lowest BCUT2D eigenvalue weighted by Crippen LogP contribution is -2.23. The molecule has 6 aromatic rings. The Hall–Kier alpha value is -4.28. The Kier molecular flexibility index (Phi) is 6.72. The number of nitrogens with zero attached hydrogens (tertiary/aromatic N) is 5. The van der Waals surface area contributed by atoms with Gasteiger partial charge in [0.1, 0.15) is 17.2 Å². The topological polar surface area (TPSA) is 83.5 Å². The van der Waals surface area contributed by atoms with E-state index in [1.165, 1.54) is 15.9 Å². The van der Waals surface area contributed by atoms with Crippen molar-refractivity contribution in [2.45, 2.75) is 6.92 Å². The number of hydrogen-bond donors (Lipinski definition) is 0. The van der Waals surface area contributed by atoms with Crippen LogP contribution in [0.25, 0.3) is 39.4 Å². The van der Waals surface area contributed by atoms with Gasteiger partial charge in [-0.25, -0.2) is 4.68 Å². The zero-order chi connectivity index (χ0) is 26.9. The first-order chi connectivity index (χ1) is 19.0. The van der Waals surface area contributed by atoms with E-state index in [9.17, 15) is 4.79 Å². The van der Waals surface area contributed by atoms with Crippen LogP contribution in [-0.2, 0) is 0 Å². The average Bonchev–Trinajstić information content (AvgIpc) is 3.65. The molecular formula is C29H22BrN5O3S. The van der Waals surface area contributed by atoms with E-state index in [0.29, 0.717) is 21.9 Å². The molecule has 10 heteroatoms. The number of thiazole rings is 1. The molecule has 0 amide bonds. The number of aromatic nitrogens is 5. The molecule has 3 heterocycles. The molecule has 0 atom stereocenters. The van der Waals surface area contributed by atoms with E-state index < -0.39 is 0 Å². The Labute approximate surface area is 235 Å². The summed E-state index contributed by atoms with van der Waals surface area (Å²) in [5.74, 6) is 2.00. The number of ether oxygens (including phenoxy) is 2. The lowest BCUT2D eigenvalue weighted by Gasteiger charge is -2.05. The Bertz CT molecular complexity index is 1900. The number of methoxy groups -OCH3 is 1. The first-order valence-electron chi connectivity index (χ1n) is 12.2. The van der Waals surface area contributed by atoms with Gasteiger partial charge < -0.3 is 9.47 Å². The fourth-order valence-electron chi connectivity index (χ4n) is 4.21. The highest BCUT2D eigenvalue weighted by Gasteiger charge is 2.16. The quantitative estimate of drug-likeness (QED) is 0.245. The van der Waals surface area contributed by atoms with Crippen molar-refractivity contribution in [1.82, 2.24) is 24.4 Å². The van der Waals surface area contributed by atoms with Crippen LogP contribution in [0.15, 0.2) is 88.3 Å². The molecule has 6 rings (SSSR count). The predicted octanol–water partition coefficient (Wildman–Crippen LogP) is 5.39. The maximum Gasteiger partial charge on any atom is 0.291 e. The second-order valence-electron chi connectivity index (χ2n) is 8.57. The van der Waals surface area contributed by atoms with Crippen LogP contribution in [0.1, 0.15) is 12.5 Å². The Morgan fingerprint density at radius 1 is 1.00 bits per heavy atom. The smallest absolute Gasteiger partial charge is 0.291 e. The molecule has 3 aromatic carbocycles. The van der Waals surface area contributed by atoms with Crippen molar-refractivity contribution in [3.05, 3.63) is 104 Å². The summed E-state index contributed by atoms with van der Waals surface area (Å²) < 4.78 is 15.4. The van der Waals surface area contributed by atoms with Crippen LogP contribution >= 0.6 is 27.3 Å². The molecule has 0 aliphatic heterocycles. The number of fused-ring (bicyclic) bond motifs is 1. The van der Waals surface area contributed by atoms with Gasteiger partial charge in [0.15, 0.2) is 5.82 Å². The summed E-state index contributed by atoms with van der Waals surface area (Å²) in [5, 5.41) is 9.35. The van der Waals surface area contributed by atoms with Crippen molar-refractivity contribution >= 4 is 38.3 Å². The van der Waals surface area contributed by atoms with Crippen LogP contribution in [0.3, 0.4) is 0 Å². The summed E-state index contributed by atoms with van der Waals surface area (Å²) >= 11 is 4.86. The fraction of sp³-hybridized carbons (Fsp3) is 0.103. The van der Waals surface area contributed by atoms with Gasteiger partial charge in [-0.3, -0.25) is 4.79 Å². The molecule has 0 aliphatic carbocycles. The van der Waals surface area contributed by atoms with E-state index in [1.807, 2.05) is 96.7 Å². The summed E-state index contributed by atoms with van der Waals surface area (Å²) in [7, 11) is 1.63. The summed E-state index contributed by atoms with van der Waals surface area (Å²) in [6.45, 7) is 2.53. The maximum absolute atomic E-state index is 13.3. The van der Waals surface area contributed by atoms with Crippen LogP contribution < -0.4 is 19.6 Å². The molecule has 0 saturated heterocycles. The SMILES string of the molecule is CCOc1ccc(-c2nc3s/c(=C\c4cn(-c5ccccc5)nc4-c4ccc(OC)c(Br)c4)c(=O)n3n2)cc1. The van der Waals surface area contributed by atoms with E-state index in [-0.39, 0.29) is 5.56 Å². The van der Waals surface area contributed by atoms with Crippen LogP contribution in [0, 0.1) is 0 Å². The van der Waals surface area contributed by atoms with E-state index in [4.69, 9.17) is 14.6 Å². The zero-order valence-electron chi connectivity index (χ0n) is 21.0. The van der Waals surface area contributed by atoms with Crippen molar-refractivity contribution in [1.29, 1.82) is 0 Å². The van der Waals surface area contributed by atoms with Gasteiger partial charge in [0.2, 0.25) is 4.96 Å². The van der Waals surface area contributed by atoms with E-state index in [2.05, 4.69) is 26.0 Å². The molecule has 0 bridgehead atoms. The Morgan fingerprint density at radius 2 is 1.77 bits per heavy atom. The summed E-state index contributed by atoms with van der Waals surface area (Å²) in [6, 6.07) is 23.1. The van der Waals surface area contributed by atoms with Crippen molar-refractivity contribution in [3.8, 4) is 39.8 Å². The molecule has 39 heavy (non-hydrogen) atoms. The molecule has 0 saturated carbocycles. The minimum absolute atomic E-state index is 0.228. The second-order valence-corrected chi connectivity index (χ2v) is 10.4. The largest absolute Gasteiger partial charge is 0.496 e. The van der Waals surface area contributed by atoms with Crippen LogP contribution in [0.4, 0.5) is 0 Å². The highest BCUT2D eigenvalue weighted by atomic mass is 79.9. The van der Waals surface area contributed by atoms with Crippen molar-refractivity contribution in [2.24, 2.45) is 0 Å². The number of rotatable bonds is 7. The molecule has 8 nitrogen and oxygen atoms in total. The lowest BCUT2D eigenvalue weighted by molar-refractivity contribution is 0.340. The van der Waals surface area contributed by atoms with Gasteiger partial charge in [-0.05, 0) is 83.5 Å². The lowest BCUT2D eigenvalue weighted by atomic mass is 10.1. The van der Waals surface area contributed by atoms with Crippen molar-refractivity contribution in [3.63, 3.8) is 0 Å². The molecule has 194 valence electrons. The van der Waals surface area contributed by atoms with Gasteiger partial charge in [0.25, 0.3) is 5.56 Å². The first-order valence-corrected chi connectivity index (χ1v) is 13.8. The number of benzene rings is 3. The molecule has 0 aliphatic rings. The van der Waals surface area contributed by atoms with Gasteiger partial charge >= 0.3 is 0 Å².